The summed E-state index contributed by atoms with van der Waals surface area (Å²) < 4.78 is 0. The van der Waals surface area contributed by atoms with Gasteiger partial charge in [-0.25, -0.2) is 4.98 Å². The molecule has 4 heteroatoms. The Balaban J connectivity index is 1.96. The van der Waals surface area contributed by atoms with Crippen LogP contribution < -0.4 is 10.2 Å². The molecule has 1 aromatic carbocycles. The summed E-state index contributed by atoms with van der Waals surface area (Å²) >= 11 is 5.90. The summed E-state index contributed by atoms with van der Waals surface area (Å²) in [5.41, 5.74) is 2.29. The number of benzene rings is 1. The summed E-state index contributed by atoms with van der Waals surface area (Å²) in [5, 5.41) is 4.15. The van der Waals surface area contributed by atoms with Crippen LogP contribution in [0.5, 0.6) is 0 Å². The average molecular weight is 246 g/mol. The lowest BCUT2D eigenvalue weighted by atomic mass is 10.1. The molecule has 1 aromatic heterocycles. The fraction of sp³-hybridized carbons (Fsp3) is 0.154. The summed E-state index contributed by atoms with van der Waals surface area (Å²) in [7, 11) is 2.06. The van der Waals surface area contributed by atoms with Crippen LogP contribution in [0.2, 0.25) is 5.02 Å². The van der Waals surface area contributed by atoms with E-state index < -0.39 is 0 Å². The van der Waals surface area contributed by atoms with Crippen LogP contribution in [0.3, 0.4) is 0 Å². The van der Waals surface area contributed by atoms with Gasteiger partial charge in [-0.1, -0.05) is 23.7 Å². The van der Waals surface area contributed by atoms with E-state index in [2.05, 4.69) is 28.3 Å². The van der Waals surface area contributed by atoms with Crippen molar-refractivity contribution in [1.82, 2.24) is 4.98 Å². The lowest BCUT2D eigenvalue weighted by Crippen LogP contribution is -2.23. The van der Waals surface area contributed by atoms with Gasteiger partial charge in [0.1, 0.15) is 6.17 Å². The summed E-state index contributed by atoms with van der Waals surface area (Å²) in [6.45, 7) is 0. The Hall–Kier alpha value is -1.74. The quantitative estimate of drug-likeness (QED) is 0.836. The first kappa shape index (κ1) is 10.4. The molecular formula is C13H12ClN3. The third-order valence-corrected chi connectivity index (χ3v) is 3.26. The molecule has 3 nitrogen and oxygen atoms in total. The van der Waals surface area contributed by atoms with Crippen molar-refractivity contribution in [3.8, 4) is 0 Å². The fourth-order valence-electron chi connectivity index (χ4n) is 2.11. The van der Waals surface area contributed by atoms with E-state index in [-0.39, 0.29) is 6.17 Å². The van der Waals surface area contributed by atoms with Crippen molar-refractivity contribution < 1.29 is 0 Å². The molecule has 86 valence electrons. The largest absolute Gasteiger partial charge is 0.348 e. The number of fused-ring (bicyclic) bond motifs is 1. The van der Waals surface area contributed by atoms with E-state index >= 15 is 0 Å². The zero-order valence-corrected chi connectivity index (χ0v) is 10.1. The molecule has 0 saturated carbocycles. The minimum absolute atomic E-state index is 0.122. The average Bonchev–Trinajstić information content (AvgIpc) is 2.69. The normalized spacial score (nSPS) is 17.8. The highest BCUT2D eigenvalue weighted by atomic mass is 35.5. The van der Waals surface area contributed by atoms with Crippen LogP contribution in [-0.2, 0) is 0 Å². The molecule has 1 N–H and O–H groups in total. The molecule has 17 heavy (non-hydrogen) atoms. The van der Waals surface area contributed by atoms with Gasteiger partial charge in [0.15, 0.2) is 5.82 Å². The number of halogens is 1. The number of pyridine rings is 1. The van der Waals surface area contributed by atoms with E-state index in [1.807, 2.05) is 30.3 Å². The van der Waals surface area contributed by atoms with Crippen molar-refractivity contribution in [2.24, 2.45) is 0 Å². The maximum absolute atomic E-state index is 5.90. The lowest BCUT2D eigenvalue weighted by Gasteiger charge is -2.22. The number of hydrogen-bond donors (Lipinski definition) is 1. The second kappa shape index (κ2) is 3.93. The third kappa shape index (κ3) is 1.72. The van der Waals surface area contributed by atoms with Gasteiger partial charge in [0.25, 0.3) is 0 Å². The monoisotopic (exact) mass is 245 g/mol. The smallest absolute Gasteiger partial charge is 0.151 e. The molecule has 0 saturated heterocycles. The van der Waals surface area contributed by atoms with Crippen molar-refractivity contribution in [3.05, 3.63) is 53.2 Å². The van der Waals surface area contributed by atoms with Crippen LogP contribution in [0, 0.1) is 0 Å². The van der Waals surface area contributed by atoms with Crippen LogP contribution in [0.25, 0.3) is 0 Å². The Morgan fingerprint density at radius 2 is 2.00 bits per heavy atom. The maximum atomic E-state index is 5.90. The van der Waals surface area contributed by atoms with Crippen molar-refractivity contribution >= 4 is 23.1 Å². The highest BCUT2D eigenvalue weighted by Crippen LogP contribution is 2.38. The molecule has 0 aliphatic carbocycles. The first-order chi connectivity index (χ1) is 8.25. The van der Waals surface area contributed by atoms with Crippen LogP contribution in [0.4, 0.5) is 11.5 Å². The minimum atomic E-state index is 0.122. The predicted molar refractivity (Wildman–Crippen MR) is 70.5 cm³/mol. The Morgan fingerprint density at radius 3 is 2.71 bits per heavy atom. The number of nitrogens with zero attached hydrogens (tertiary/aromatic N) is 2. The second-order valence-electron chi connectivity index (χ2n) is 4.08. The molecular weight excluding hydrogens is 234 g/mol. The zero-order valence-electron chi connectivity index (χ0n) is 9.39. The van der Waals surface area contributed by atoms with E-state index in [1.165, 1.54) is 5.56 Å². The van der Waals surface area contributed by atoms with Gasteiger partial charge < -0.3 is 10.2 Å². The molecule has 0 radical (unpaired) electrons. The summed E-state index contributed by atoms with van der Waals surface area (Å²) in [4.78, 5) is 6.50. The Morgan fingerprint density at radius 1 is 1.24 bits per heavy atom. The Labute approximate surface area is 105 Å². The SMILES string of the molecule is CN1c2cccnc2NC1c1ccc(Cl)cc1. The van der Waals surface area contributed by atoms with E-state index in [0.29, 0.717) is 0 Å². The topological polar surface area (TPSA) is 28.2 Å². The Bertz CT molecular complexity index is 539. The molecule has 3 rings (SSSR count). The molecule has 1 aliphatic rings. The third-order valence-electron chi connectivity index (χ3n) is 3.01. The van der Waals surface area contributed by atoms with Gasteiger partial charge in [0, 0.05) is 18.3 Å². The predicted octanol–water partition coefficient (Wildman–Crippen LogP) is 3.30. The lowest BCUT2D eigenvalue weighted by molar-refractivity contribution is 0.791. The zero-order chi connectivity index (χ0) is 11.8. The number of rotatable bonds is 1. The molecule has 0 spiro atoms. The molecule has 0 fully saturated rings. The van der Waals surface area contributed by atoms with Crippen LogP contribution in [0.1, 0.15) is 11.7 Å². The molecule has 2 aromatic rings. The summed E-state index contributed by atoms with van der Waals surface area (Å²) in [6.07, 6.45) is 1.92. The molecule has 1 unspecified atom stereocenters. The molecule has 2 heterocycles. The first-order valence-corrected chi connectivity index (χ1v) is 5.83. The van der Waals surface area contributed by atoms with Gasteiger partial charge in [-0.2, -0.15) is 0 Å². The summed E-state index contributed by atoms with van der Waals surface area (Å²) in [6, 6.07) is 11.9. The van der Waals surface area contributed by atoms with Gasteiger partial charge in [-0.3, -0.25) is 0 Å². The molecule has 0 bridgehead atoms. The van der Waals surface area contributed by atoms with Gasteiger partial charge in [-0.15, -0.1) is 0 Å². The highest BCUT2D eigenvalue weighted by Gasteiger charge is 2.27. The van der Waals surface area contributed by atoms with Gasteiger partial charge >= 0.3 is 0 Å². The summed E-state index contributed by atoms with van der Waals surface area (Å²) in [5.74, 6) is 0.926. The molecule has 0 amide bonds. The Kier molecular flexibility index (Phi) is 2.41. The minimum Gasteiger partial charge on any atom is -0.348 e. The van der Waals surface area contributed by atoms with E-state index in [9.17, 15) is 0 Å². The van der Waals surface area contributed by atoms with Crippen molar-refractivity contribution in [2.75, 3.05) is 17.3 Å². The van der Waals surface area contributed by atoms with E-state index in [0.717, 1.165) is 16.5 Å². The maximum Gasteiger partial charge on any atom is 0.151 e. The first-order valence-electron chi connectivity index (χ1n) is 5.45. The van der Waals surface area contributed by atoms with Crippen molar-refractivity contribution in [1.29, 1.82) is 0 Å². The molecule has 1 atom stereocenters. The standard InChI is InChI=1S/C13H12ClN3/c1-17-11-3-2-8-15-12(11)16-13(17)9-4-6-10(14)7-5-9/h2-8,13H,1H3,(H,15,16). The van der Waals surface area contributed by atoms with Gasteiger partial charge in [0.2, 0.25) is 0 Å². The number of nitrogens with one attached hydrogen (secondary N) is 1. The van der Waals surface area contributed by atoms with Crippen LogP contribution in [-0.4, -0.2) is 12.0 Å². The number of hydrogen-bond acceptors (Lipinski definition) is 3. The second-order valence-corrected chi connectivity index (χ2v) is 4.52. The van der Waals surface area contributed by atoms with Crippen molar-refractivity contribution in [3.63, 3.8) is 0 Å². The van der Waals surface area contributed by atoms with Gasteiger partial charge in [-0.05, 0) is 29.8 Å². The van der Waals surface area contributed by atoms with E-state index in [4.69, 9.17) is 11.6 Å². The van der Waals surface area contributed by atoms with E-state index in [1.54, 1.807) is 6.20 Å². The highest BCUT2D eigenvalue weighted by molar-refractivity contribution is 6.30. The van der Waals surface area contributed by atoms with Gasteiger partial charge in [0.05, 0.1) is 5.69 Å². The van der Waals surface area contributed by atoms with Crippen molar-refractivity contribution in [2.45, 2.75) is 6.17 Å². The van der Waals surface area contributed by atoms with Crippen LogP contribution in [0.15, 0.2) is 42.6 Å². The molecule has 1 aliphatic heterocycles. The van der Waals surface area contributed by atoms with Crippen LogP contribution >= 0.6 is 11.6 Å². The fourth-order valence-corrected chi connectivity index (χ4v) is 2.24. The number of anilines is 2. The number of aromatic nitrogens is 1.